The molecule has 0 N–H and O–H groups in total. The number of nitrogens with zero attached hydrogens (tertiary/aromatic N) is 2. The van der Waals surface area contributed by atoms with Crippen LogP contribution in [0.1, 0.15) is 128 Å². The van der Waals surface area contributed by atoms with Gasteiger partial charge in [0.25, 0.3) is 0 Å². The van der Waals surface area contributed by atoms with Crippen molar-refractivity contribution in [3.8, 4) is 0 Å². The van der Waals surface area contributed by atoms with E-state index in [1.165, 1.54) is 70.6 Å². The van der Waals surface area contributed by atoms with Crippen LogP contribution in [-0.2, 0) is 0 Å². The third-order valence-electron chi connectivity index (χ3n) is 3.76. The van der Waals surface area contributed by atoms with Crippen LogP contribution in [0.15, 0.2) is 0 Å². The first-order valence-corrected chi connectivity index (χ1v) is 10.2. The molecular weight excluding hydrogens is 328 g/mol. The summed E-state index contributed by atoms with van der Waals surface area (Å²) in [6.45, 7) is 10.8. The van der Waals surface area contributed by atoms with Gasteiger partial charge in [-0.1, -0.05) is 128 Å². The molecule has 27 heavy (non-hydrogen) atoms. The summed E-state index contributed by atoms with van der Waals surface area (Å²) in [6, 6.07) is 0. The minimum atomic E-state index is 0. The summed E-state index contributed by atoms with van der Waals surface area (Å²) in [4.78, 5) is 4.25. The van der Waals surface area contributed by atoms with E-state index in [-0.39, 0.29) is 29.7 Å². The van der Waals surface area contributed by atoms with Crippen molar-refractivity contribution in [3.05, 3.63) is 0 Å². The topological polar surface area (TPSA) is 6.48 Å². The van der Waals surface area contributed by atoms with Gasteiger partial charge in [-0.3, -0.25) is 0 Å². The molecule has 0 radical (unpaired) electrons. The monoisotopic (exact) mass is 395 g/mol. The Morgan fingerprint density at radius 3 is 0.519 bits per heavy atom. The number of hydrogen-bond acceptors (Lipinski definition) is 2. The maximum atomic E-state index is 2.12. The van der Waals surface area contributed by atoms with Crippen molar-refractivity contribution in [2.24, 2.45) is 0 Å². The van der Waals surface area contributed by atoms with Gasteiger partial charge in [-0.05, 0) is 41.3 Å². The molecule has 2 rings (SSSR count). The highest BCUT2D eigenvalue weighted by Crippen LogP contribution is 2.15. The zero-order valence-corrected chi connectivity index (χ0v) is 18.1. The van der Waals surface area contributed by atoms with Gasteiger partial charge in [-0.15, -0.1) is 0 Å². The van der Waals surface area contributed by atoms with Crippen molar-refractivity contribution in [1.82, 2.24) is 9.80 Å². The first-order chi connectivity index (χ1) is 11.0. The van der Waals surface area contributed by atoms with E-state index >= 15 is 0 Å². The van der Waals surface area contributed by atoms with Crippen LogP contribution in [0.4, 0.5) is 0 Å². The summed E-state index contributed by atoms with van der Waals surface area (Å²) in [5.74, 6) is 0. The maximum absolute atomic E-state index is 2.12. The summed E-state index contributed by atoms with van der Waals surface area (Å²) in [6.07, 6.45) is 16.2. The van der Waals surface area contributed by atoms with Gasteiger partial charge in [0.05, 0.1) is 0 Å². The molecule has 0 aromatic heterocycles. The van der Waals surface area contributed by atoms with Gasteiger partial charge < -0.3 is 9.80 Å². The SMILES string of the molecule is C.C.C.C.C1CCCC1.C1CCCC1.CCC.CCN(C)C.CCN(C)C. The molecule has 0 saturated heterocycles. The Balaban J connectivity index is -0.0000000361. The van der Waals surface area contributed by atoms with E-state index in [0.29, 0.717) is 0 Å². The fourth-order valence-corrected chi connectivity index (χ4v) is 1.77. The Kier molecular flexibility index (Phi) is 75.9. The molecule has 0 aromatic rings. The molecular formula is C25H66N2. The van der Waals surface area contributed by atoms with Crippen molar-refractivity contribution in [2.45, 2.75) is 128 Å². The van der Waals surface area contributed by atoms with E-state index in [9.17, 15) is 0 Å². The molecule has 0 aromatic carbocycles. The lowest BCUT2D eigenvalue weighted by molar-refractivity contribution is 0.434. The summed E-state index contributed by atoms with van der Waals surface area (Å²) in [5.41, 5.74) is 0. The van der Waals surface area contributed by atoms with E-state index < -0.39 is 0 Å². The minimum Gasteiger partial charge on any atom is -0.310 e. The van der Waals surface area contributed by atoms with Crippen molar-refractivity contribution in [2.75, 3.05) is 41.3 Å². The summed E-state index contributed by atoms with van der Waals surface area (Å²) in [7, 11) is 8.22. The second kappa shape index (κ2) is 45.0. The van der Waals surface area contributed by atoms with Crippen LogP contribution in [0.25, 0.3) is 0 Å². The van der Waals surface area contributed by atoms with Crippen LogP contribution in [0, 0.1) is 0 Å². The summed E-state index contributed by atoms with van der Waals surface area (Å²) in [5, 5.41) is 0. The molecule has 0 heterocycles. The fourth-order valence-electron chi connectivity index (χ4n) is 1.77. The molecule has 0 aliphatic heterocycles. The normalized spacial score (nSPS) is 13.1. The number of hydrogen-bond donors (Lipinski definition) is 0. The van der Waals surface area contributed by atoms with Gasteiger partial charge >= 0.3 is 0 Å². The quantitative estimate of drug-likeness (QED) is 0.461. The average molecular weight is 395 g/mol. The fraction of sp³-hybridized carbons (Fsp3) is 1.00. The standard InChI is InChI=1S/2C5H10.2C4H11N.C3H8.4CH4/c2*1-2-4-5-3-1;2*1-4-5(2)3;1-3-2;;;;/h2*1-5H2;2*4H2,1-3H3;3H2,1-2H3;4*1H4. The zero-order valence-electron chi connectivity index (χ0n) is 18.1. The van der Waals surface area contributed by atoms with Gasteiger partial charge in [0.2, 0.25) is 0 Å². The van der Waals surface area contributed by atoms with E-state index in [4.69, 9.17) is 0 Å². The molecule has 2 aliphatic rings. The van der Waals surface area contributed by atoms with Crippen molar-refractivity contribution < 1.29 is 0 Å². The molecule has 2 nitrogen and oxygen atoms in total. The number of rotatable bonds is 2. The predicted octanol–water partition coefficient (Wildman–Crippen LogP) is 9.00. The smallest absolute Gasteiger partial charge is 0.00533 e. The molecule has 176 valence electrons. The second-order valence-corrected chi connectivity index (χ2v) is 7.03. The molecule has 0 amide bonds. The Bertz CT molecular complexity index is 126. The minimum absolute atomic E-state index is 0. The highest BCUT2D eigenvalue weighted by atomic mass is 15.0. The van der Waals surface area contributed by atoms with Crippen LogP contribution >= 0.6 is 0 Å². The van der Waals surface area contributed by atoms with E-state index in [1.54, 1.807) is 0 Å². The van der Waals surface area contributed by atoms with Gasteiger partial charge in [-0.2, -0.15) is 0 Å². The third-order valence-corrected chi connectivity index (χ3v) is 3.76. The van der Waals surface area contributed by atoms with Gasteiger partial charge in [0.1, 0.15) is 0 Å². The van der Waals surface area contributed by atoms with Crippen molar-refractivity contribution in [1.29, 1.82) is 0 Å². The van der Waals surface area contributed by atoms with Crippen LogP contribution in [0.2, 0.25) is 0 Å². The van der Waals surface area contributed by atoms with Crippen LogP contribution in [0.5, 0.6) is 0 Å². The van der Waals surface area contributed by atoms with E-state index in [1.807, 2.05) is 0 Å². The maximum Gasteiger partial charge on any atom is -0.00533 e. The van der Waals surface area contributed by atoms with Gasteiger partial charge in [0, 0.05) is 0 Å². The lowest BCUT2D eigenvalue weighted by Gasteiger charge is -2.00. The van der Waals surface area contributed by atoms with Crippen molar-refractivity contribution >= 4 is 0 Å². The third kappa shape index (κ3) is 76.5. The summed E-state index contributed by atoms with van der Waals surface area (Å²) >= 11 is 0. The predicted molar refractivity (Wildman–Crippen MR) is 138 cm³/mol. The zero-order chi connectivity index (χ0) is 18.3. The summed E-state index contributed by atoms with van der Waals surface area (Å²) < 4.78 is 0. The van der Waals surface area contributed by atoms with Crippen molar-refractivity contribution in [3.63, 3.8) is 0 Å². The van der Waals surface area contributed by atoms with Gasteiger partial charge in [0.15, 0.2) is 0 Å². The first-order valence-electron chi connectivity index (χ1n) is 10.2. The Hall–Kier alpha value is -0.0800. The molecule has 2 aliphatic carbocycles. The second-order valence-electron chi connectivity index (χ2n) is 7.03. The molecule has 0 unspecified atom stereocenters. The molecule has 2 saturated carbocycles. The average Bonchev–Trinajstić information content (AvgIpc) is 3.26. The van der Waals surface area contributed by atoms with Crippen LogP contribution in [-0.4, -0.2) is 51.1 Å². The Labute approximate surface area is 179 Å². The highest BCUT2D eigenvalue weighted by Gasteiger charge is 1.95. The van der Waals surface area contributed by atoms with E-state index in [0.717, 1.165) is 13.1 Å². The van der Waals surface area contributed by atoms with Crippen LogP contribution in [0.3, 0.4) is 0 Å². The highest BCUT2D eigenvalue weighted by molar-refractivity contribution is 4.51. The first kappa shape index (κ1) is 45.6. The Morgan fingerprint density at radius 2 is 0.481 bits per heavy atom. The largest absolute Gasteiger partial charge is 0.310 e. The Morgan fingerprint density at radius 1 is 0.407 bits per heavy atom. The molecule has 0 spiro atoms. The molecule has 0 atom stereocenters. The lowest BCUT2D eigenvalue weighted by Crippen LogP contribution is -2.08. The lowest BCUT2D eigenvalue weighted by atomic mass is 10.4. The molecule has 2 fully saturated rings. The molecule has 0 bridgehead atoms. The van der Waals surface area contributed by atoms with Crippen LogP contribution < -0.4 is 0 Å². The molecule has 2 heteroatoms. The van der Waals surface area contributed by atoms with E-state index in [2.05, 4.69) is 65.7 Å². The van der Waals surface area contributed by atoms with Gasteiger partial charge in [-0.25, -0.2) is 0 Å².